The van der Waals surface area contributed by atoms with Gasteiger partial charge in [-0.1, -0.05) is 20.3 Å². The van der Waals surface area contributed by atoms with Crippen LogP contribution in [-0.2, 0) is 0 Å². The first-order valence-electron chi connectivity index (χ1n) is 8.10. The van der Waals surface area contributed by atoms with Crippen molar-refractivity contribution in [1.82, 2.24) is 9.38 Å². The first-order valence-corrected chi connectivity index (χ1v) is 8.90. The van der Waals surface area contributed by atoms with Crippen LogP contribution in [0.1, 0.15) is 57.6 Å². The molecule has 3 nitrogen and oxygen atoms in total. The van der Waals surface area contributed by atoms with Gasteiger partial charge in [-0.15, -0.1) is 0 Å². The van der Waals surface area contributed by atoms with E-state index in [1.165, 1.54) is 37.8 Å². The Kier molecular flexibility index (Phi) is 4.53. The van der Waals surface area contributed by atoms with Crippen LogP contribution in [0.5, 0.6) is 5.75 Å². The molecule has 2 fully saturated rings. The SMILES string of the molecule is Brc1cn2cc(C3CC3)nc2cc1OCC1CCC1.CC. The molecule has 0 spiro atoms. The molecule has 0 N–H and O–H groups in total. The summed E-state index contributed by atoms with van der Waals surface area (Å²) in [6.45, 7) is 4.84. The molecule has 2 aromatic heterocycles. The van der Waals surface area contributed by atoms with E-state index in [4.69, 9.17) is 9.72 Å². The lowest BCUT2D eigenvalue weighted by atomic mass is 9.86. The number of hydrogen-bond donors (Lipinski definition) is 0. The minimum Gasteiger partial charge on any atom is -0.492 e. The summed E-state index contributed by atoms with van der Waals surface area (Å²) in [6, 6.07) is 2.05. The average Bonchev–Trinajstić information content (AvgIpc) is 3.21. The maximum atomic E-state index is 5.93. The maximum absolute atomic E-state index is 5.93. The Hall–Kier alpha value is -1.03. The number of halogens is 1. The highest BCUT2D eigenvalue weighted by molar-refractivity contribution is 9.10. The van der Waals surface area contributed by atoms with Crippen LogP contribution in [0.25, 0.3) is 5.65 Å². The summed E-state index contributed by atoms with van der Waals surface area (Å²) >= 11 is 3.60. The number of nitrogens with zero attached hydrogens (tertiary/aromatic N) is 2. The average molecular weight is 351 g/mol. The van der Waals surface area contributed by atoms with Crippen LogP contribution < -0.4 is 4.74 Å². The van der Waals surface area contributed by atoms with Crippen LogP contribution in [0.15, 0.2) is 22.9 Å². The molecule has 0 saturated heterocycles. The van der Waals surface area contributed by atoms with E-state index < -0.39 is 0 Å². The van der Waals surface area contributed by atoms with E-state index in [0.29, 0.717) is 5.92 Å². The van der Waals surface area contributed by atoms with Crippen molar-refractivity contribution in [2.24, 2.45) is 5.92 Å². The molecule has 0 aromatic carbocycles. The molecule has 0 aliphatic heterocycles. The molecule has 2 aromatic rings. The lowest BCUT2D eigenvalue weighted by Gasteiger charge is -2.25. The van der Waals surface area contributed by atoms with Gasteiger partial charge >= 0.3 is 0 Å². The van der Waals surface area contributed by atoms with Gasteiger partial charge in [0, 0.05) is 24.4 Å². The number of rotatable bonds is 4. The molecular formula is C17H23BrN2O. The molecule has 2 aliphatic carbocycles. The smallest absolute Gasteiger partial charge is 0.140 e. The number of imidazole rings is 1. The van der Waals surface area contributed by atoms with Crippen molar-refractivity contribution in [3.8, 4) is 5.75 Å². The molecule has 0 unspecified atom stereocenters. The first-order chi connectivity index (χ1) is 10.3. The van der Waals surface area contributed by atoms with Gasteiger partial charge in [-0.25, -0.2) is 4.98 Å². The van der Waals surface area contributed by atoms with Crippen molar-refractivity contribution in [3.05, 3.63) is 28.6 Å². The van der Waals surface area contributed by atoms with Crippen LogP contribution in [0, 0.1) is 5.92 Å². The van der Waals surface area contributed by atoms with E-state index in [1.807, 2.05) is 13.8 Å². The van der Waals surface area contributed by atoms with Gasteiger partial charge in [0.2, 0.25) is 0 Å². The Morgan fingerprint density at radius 3 is 2.62 bits per heavy atom. The standard InChI is InChI=1S/C15H17BrN2O.C2H6/c16-12-7-18-8-13(11-4-5-11)17-15(18)6-14(12)19-9-10-2-1-3-10;1-2/h6-8,10-11H,1-5,9H2;1-2H3. The fraction of sp³-hybridized carbons (Fsp3) is 0.588. The molecule has 114 valence electrons. The second kappa shape index (κ2) is 6.39. The van der Waals surface area contributed by atoms with E-state index in [9.17, 15) is 0 Å². The number of ether oxygens (including phenoxy) is 1. The van der Waals surface area contributed by atoms with Gasteiger partial charge < -0.3 is 9.14 Å². The normalized spacial score (nSPS) is 18.0. The van der Waals surface area contributed by atoms with Gasteiger partial charge in [-0.3, -0.25) is 0 Å². The van der Waals surface area contributed by atoms with Crippen molar-refractivity contribution in [2.75, 3.05) is 6.61 Å². The maximum Gasteiger partial charge on any atom is 0.140 e. The van der Waals surface area contributed by atoms with Crippen molar-refractivity contribution in [3.63, 3.8) is 0 Å². The molecule has 21 heavy (non-hydrogen) atoms. The molecule has 2 saturated carbocycles. The molecule has 4 rings (SSSR count). The zero-order valence-electron chi connectivity index (χ0n) is 12.8. The van der Waals surface area contributed by atoms with E-state index in [-0.39, 0.29) is 0 Å². The van der Waals surface area contributed by atoms with Gasteiger partial charge in [0.25, 0.3) is 0 Å². The van der Waals surface area contributed by atoms with Crippen molar-refractivity contribution < 1.29 is 4.74 Å². The lowest BCUT2D eigenvalue weighted by molar-refractivity contribution is 0.180. The second-order valence-electron chi connectivity index (χ2n) is 5.80. The van der Waals surface area contributed by atoms with E-state index in [2.05, 4.69) is 38.8 Å². The predicted molar refractivity (Wildman–Crippen MR) is 89.1 cm³/mol. The summed E-state index contributed by atoms with van der Waals surface area (Å²) in [7, 11) is 0. The zero-order chi connectivity index (χ0) is 14.8. The largest absolute Gasteiger partial charge is 0.492 e. The summed E-state index contributed by atoms with van der Waals surface area (Å²) in [5.74, 6) is 2.37. The quantitative estimate of drug-likeness (QED) is 0.759. The molecule has 4 heteroatoms. The molecule has 0 radical (unpaired) electrons. The number of aromatic nitrogens is 2. The fourth-order valence-corrected chi connectivity index (χ4v) is 3.01. The molecule has 2 aliphatic rings. The number of fused-ring (bicyclic) bond motifs is 1. The zero-order valence-corrected chi connectivity index (χ0v) is 14.4. The highest BCUT2D eigenvalue weighted by Crippen LogP contribution is 2.40. The Balaban J connectivity index is 0.000000636. The van der Waals surface area contributed by atoms with Crippen LogP contribution in [-0.4, -0.2) is 16.0 Å². The topological polar surface area (TPSA) is 26.5 Å². The Morgan fingerprint density at radius 1 is 1.24 bits per heavy atom. The monoisotopic (exact) mass is 350 g/mol. The predicted octanol–water partition coefficient (Wildman–Crippen LogP) is 5.18. The number of hydrogen-bond acceptors (Lipinski definition) is 2. The van der Waals surface area contributed by atoms with Gasteiger partial charge in [0.05, 0.1) is 16.8 Å². The van der Waals surface area contributed by atoms with Crippen molar-refractivity contribution in [1.29, 1.82) is 0 Å². The first kappa shape index (κ1) is 14.9. The van der Waals surface area contributed by atoms with Crippen molar-refractivity contribution >= 4 is 21.6 Å². The minimum atomic E-state index is 0.693. The lowest BCUT2D eigenvalue weighted by Crippen LogP contribution is -2.19. The van der Waals surface area contributed by atoms with E-state index in [1.54, 1.807) is 0 Å². The van der Waals surface area contributed by atoms with E-state index >= 15 is 0 Å². The fourth-order valence-electron chi connectivity index (χ4n) is 2.56. The minimum absolute atomic E-state index is 0.693. The third kappa shape index (κ3) is 3.25. The molecule has 0 atom stereocenters. The molecule has 2 heterocycles. The van der Waals surface area contributed by atoms with E-state index in [0.717, 1.165) is 28.4 Å². The molecular weight excluding hydrogens is 328 g/mol. The second-order valence-corrected chi connectivity index (χ2v) is 6.65. The van der Waals surface area contributed by atoms with Crippen molar-refractivity contribution in [2.45, 2.75) is 51.9 Å². The van der Waals surface area contributed by atoms with Crippen LogP contribution in [0.3, 0.4) is 0 Å². The van der Waals surface area contributed by atoms with Crippen LogP contribution in [0.4, 0.5) is 0 Å². The Labute approximate surface area is 134 Å². The summed E-state index contributed by atoms with van der Waals surface area (Å²) in [6.07, 6.45) is 10.8. The molecule has 0 amide bonds. The van der Waals surface area contributed by atoms with Gasteiger partial charge in [-0.05, 0) is 47.5 Å². The Morgan fingerprint density at radius 2 is 2.00 bits per heavy atom. The van der Waals surface area contributed by atoms with Crippen LogP contribution >= 0.6 is 15.9 Å². The number of pyridine rings is 1. The highest BCUT2D eigenvalue weighted by atomic mass is 79.9. The summed E-state index contributed by atoms with van der Waals surface area (Å²) in [5.41, 5.74) is 2.22. The summed E-state index contributed by atoms with van der Waals surface area (Å²) < 4.78 is 9.04. The van der Waals surface area contributed by atoms with Gasteiger partial charge in [0.15, 0.2) is 0 Å². The van der Waals surface area contributed by atoms with Gasteiger partial charge in [0.1, 0.15) is 11.4 Å². The molecule has 0 bridgehead atoms. The highest BCUT2D eigenvalue weighted by Gasteiger charge is 2.26. The van der Waals surface area contributed by atoms with Gasteiger partial charge in [-0.2, -0.15) is 0 Å². The third-order valence-electron chi connectivity index (χ3n) is 4.22. The Bertz CT molecular complexity index is 615. The summed E-state index contributed by atoms with van der Waals surface area (Å²) in [5, 5.41) is 0. The summed E-state index contributed by atoms with van der Waals surface area (Å²) in [4.78, 5) is 4.70. The third-order valence-corrected chi connectivity index (χ3v) is 4.82. The van der Waals surface area contributed by atoms with Crippen LogP contribution in [0.2, 0.25) is 0 Å².